The van der Waals surface area contributed by atoms with Gasteiger partial charge >= 0.3 is 6.09 Å². The maximum absolute atomic E-state index is 13.3. The number of nitrogens with zero attached hydrogens (tertiary/aromatic N) is 1. The lowest BCUT2D eigenvalue weighted by molar-refractivity contribution is 0.161. The van der Waals surface area contributed by atoms with Crippen molar-refractivity contribution in [1.82, 2.24) is 4.90 Å². The quantitative estimate of drug-likeness (QED) is 0.817. The number of hydrogen-bond donors (Lipinski definition) is 0. The molecule has 18 heavy (non-hydrogen) atoms. The lowest BCUT2D eigenvalue weighted by Crippen LogP contribution is -2.30. The smallest absolute Gasteiger partial charge is 0.407 e. The molecule has 0 bridgehead atoms. The summed E-state index contributed by atoms with van der Waals surface area (Å²) in [6, 6.07) is 4.42. The van der Waals surface area contributed by atoms with Gasteiger partial charge in [-0.1, -0.05) is 26.8 Å². The summed E-state index contributed by atoms with van der Waals surface area (Å²) in [4.78, 5) is 12.9. The highest BCUT2D eigenvalue weighted by molar-refractivity contribution is 5.70. The molecule has 0 aliphatic rings. The molecule has 1 aromatic rings. The van der Waals surface area contributed by atoms with Crippen molar-refractivity contribution in [2.45, 2.75) is 34.1 Å². The van der Waals surface area contributed by atoms with Gasteiger partial charge in [-0.05, 0) is 31.0 Å². The topological polar surface area (TPSA) is 29.5 Å². The Morgan fingerprint density at radius 1 is 1.39 bits per heavy atom. The number of hydrogen-bond acceptors (Lipinski definition) is 2. The van der Waals surface area contributed by atoms with Crippen molar-refractivity contribution in [1.29, 1.82) is 0 Å². The van der Waals surface area contributed by atoms with E-state index in [4.69, 9.17) is 4.74 Å². The van der Waals surface area contributed by atoms with Crippen molar-refractivity contribution in [3.63, 3.8) is 0 Å². The van der Waals surface area contributed by atoms with Gasteiger partial charge in [-0.2, -0.15) is 0 Å². The van der Waals surface area contributed by atoms with Crippen molar-refractivity contribution in [3.05, 3.63) is 29.6 Å². The Kier molecular flexibility index (Phi) is 7.76. The zero-order valence-corrected chi connectivity index (χ0v) is 11.8. The number of aryl methyl sites for hydroxylation is 1. The first kappa shape index (κ1) is 16.4. The monoisotopic (exact) mass is 255 g/mol. The van der Waals surface area contributed by atoms with Gasteiger partial charge in [-0.3, -0.25) is 0 Å². The molecule has 102 valence electrons. The summed E-state index contributed by atoms with van der Waals surface area (Å²) in [7, 11) is 1.62. The molecule has 0 aliphatic carbocycles. The van der Waals surface area contributed by atoms with Crippen LogP contribution >= 0.6 is 0 Å². The van der Waals surface area contributed by atoms with Crippen LogP contribution in [0.15, 0.2) is 18.2 Å². The Balaban J connectivity index is 0.00000137. The molecule has 0 unspecified atom stereocenters. The van der Waals surface area contributed by atoms with Crippen LogP contribution in [0.25, 0.3) is 0 Å². The van der Waals surface area contributed by atoms with Gasteiger partial charge in [-0.25, -0.2) is 9.18 Å². The Hall–Kier alpha value is -1.58. The Bertz CT molecular complexity index is 380. The van der Waals surface area contributed by atoms with Gasteiger partial charge in [0.05, 0.1) is 0 Å². The molecule has 0 radical (unpaired) electrons. The number of rotatable bonds is 3. The van der Waals surface area contributed by atoms with Crippen molar-refractivity contribution in [2.75, 3.05) is 13.6 Å². The van der Waals surface area contributed by atoms with Gasteiger partial charge in [0.1, 0.15) is 0 Å². The maximum Gasteiger partial charge on any atom is 0.415 e. The second kappa shape index (κ2) is 8.50. The average Bonchev–Trinajstić information content (AvgIpc) is 2.36. The third-order valence-corrected chi connectivity index (χ3v) is 2.15. The summed E-state index contributed by atoms with van der Waals surface area (Å²) in [6.07, 6.45) is 0.299. The Labute approximate surface area is 109 Å². The maximum atomic E-state index is 13.3. The highest BCUT2D eigenvalue weighted by Crippen LogP contribution is 2.18. The number of carbonyl (C=O) groups excluding carboxylic acids is 1. The lowest BCUT2D eigenvalue weighted by Gasteiger charge is -2.15. The fourth-order valence-corrected chi connectivity index (χ4v) is 1.29. The summed E-state index contributed by atoms with van der Waals surface area (Å²) in [6.45, 7) is 8.36. The van der Waals surface area contributed by atoms with Crippen molar-refractivity contribution < 1.29 is 13.9 Å². The van der Waals surface area contributed by atoms with E-state index in [0.29, 0.717) is 6.54 Å². The molecular weight excluding hydrogens is 233 g/mol. The van der Waals surface area contributed by atoms with Gasteiger partial charge in [0.25, 0.3) is 0 Å². The summed E-state index contributed by atoms with van der Waals surface area (Å²) >= 11 is 0. The van der Waals surface area contributed by atoms with E-state index in [1.165, 1.54) is 17.0 Å². The van der Waals surface area contributed by atoms with Crippen LogP contribution in [-0.4, -0.2) is 24.6 Å². The number of halogens is 1. The summed E-state index contributed by atoms with van der Waals surface area (Å²) in [5.41, 5.74) is 0.849. The fourth-order valence-electron chi connectivity index (χ4n) is 1.29. The van der Waals surface area contributed by atoms with Gasteiger partial charge in [0, 0.05) is 13.6 Å². The number of carbonyl (C=O) groups is 1. The standard InChI is InChI=1S/C12H16FNO2.C2H6/c1-4-7-14(3)12(15)16-11-8-9(2)5-6-10(11)13;1-2/h5-6,8H,4,7H2,1-3H3;1-2H3. The van der Waals surface area contributed by atoms with Gasteiger partial charge < -0.3 is 9.64 Å². The average molecular weight is 255 g/mol. The number of ether oxygens (including phenoxy) is 1. The first-order valence-corrected chi connectivity index (χ1v) is 6.23. The molecule has 0 atom stereocenters. The minimum atomic E-state index is -0.536. The van der Waals surface area contributed by atoms with E-state index < -0.39 is 11.9 Å². The second-order valence-electron chi connectivity index (χ2n) is 3.72. The van der Waals surface area contributed by atoms with Crippen molar-refractivity contribution >= 4 is 6.09 Å². The van der Waals surface area contributed by atoms with E-state index in [-0.39, 0.29) is 5.75 Å². The first-order valence-electron chi connectivity index (χ1n) is 6.23. The third kappa shape index (κ3) is 5.17. The summed E-state index contributed by atoms with van der Waals surface area (Å²) in [5.74, 6) is -0.545. The Morgan fingerprint density at radius 3 is 2.56 bits per heavy atom. The largest absolute Gasteiger partial charge is 0.415 e. The van der Waals surface area contributed by atoms with Crippen molar-refractivity contribution in [3.8, 4) is 5.75 Å². The zero-order chi connectivity index (χ0) is 14.1. The minimum absolute atomic E-state index is 0.0204. The highest BCUT2D eigenvalue weighted by atomic mass is 19.1. The minimum Gasteiger partial charge on any atom is -0.407 e. The molecule has 0 saturated heterocycles. The van der Waals surface area contributed by atoms with Crippen LogP contribution in [0.2, 0.25) is 0 Å². The van der Waals surface area contributed by atoms with Crippen LogP contribution in [-0.2, 0) is 0 Å². The van der Waals surface area contributed by atoms with Crippen LogP contribution in [0.3, 0.4) is 0 Å². The molecule has 1 rings (SSSR count). The molecule has 0 heterocycles. The van der Waals surface area contributed by atoms with E-state index in [9.17, 15) is 9.18 Å². The first-order chi connectivity index (χ1) is 8.54. The predicted octanol–water partition coefficient (Wildman–Crippen LogP) is 4.00. The Morgan fingerprint density at radius 2 is 2.00 bits per heavy atom. The number of benzene rings is 1. The van der Waals surface area contributed by atoms with Crippen molar-refractivity contribution in [2.24, 2.45) is 0 Å². The molecule has 0 spiro atoms. The van der Waals surface area contributed by atoms with Crippen LogP contribution in [0.5, 0.6) is 5.75 Å². The number of amides is 1. The second-order valence-corrected chi connectivity index (χ2v) is 3.72. The summed E-state index contributed by atoms with van der Waals surface area (Å²) in [5, 5.41) is 0. The van der Waals surface area contributed by atoms with E-state index in [1.807, 2.05) is 27.7 Å². The molecule has 0 aliphatic heterocycles. The molecule has 0 fully saturated rings. The molecule has 1 aromatic carbocycles. The fraction of sp³-hybridized carbons (Fsp3) is 0.500. The van der Waals surface area contributed by atoms with E-state index in [2.05, 4.69) is 0 Å². The highest BCUT2D eigenvalue weighted by Gasteiger charge is 2.13. The molecule has 0 saturated carbocycles. The van der Waals surface area contributed by atoms with E-state index in [1.54, 1.807) is 13.1 Å². The molecular formula is C14H22FNO2. The predicted molar refractivity (Wildman–Crippen MR) is 71.4 cm³/mol. The van der Waals surface area contributed by atoms with E-state index >= 15 is 0 Å². The summed E-state index contributed by atoms with van der Waals surface area (Å²) < 4.78 is 18.2. The third-order valence-electron chi connectivity index (χ3n) is 2.15. The lowest BCUT2D eigenvalue weighted by atomic mass is 10.2. The zero-order valence-electron chi connectivity index (χ0n) is 11.8. The van der Waals surface area contributed by atoms with Crippen LogP contribution in [0.1, 0.15) is 32.8 Å². The SMILES string of the molecule is CC.CCCN(C)C(=O)Oc1cc(C)ccc1F. The van der Waals surface area contributed by atoms with Gasteiger partial charge in [0.15, 0.2) is 11.6 Å². The molecule has 0 N–H and O–H groups in total. The molecule has 0 aromatic heterocycles. The van der Waals surface area contributed by atoms with Gasteiger partial charge in [-0.15, -0.1) is 0 Å². The molecule has 3 nitrogen and oxygen atoms in total. The van der Waals surface area contributed by atoms with Crippen LogP contribution < -0.4 is 4.74 Å². The van der Waals surface area contributed by atoms with Crippen LogP contribution in [0, 0.1) is 12.7 Å². The van der Waals surface area contributed by atoms with E-state index in [0.717, 1.165) is 12.0 Å². The van der Waals surface area contributed by atoms with Gasteiger partial charge in [0.2, 0.25) is 0 Å². The molecule has 1 amide bonds. The molecule has 4 heteroatoms. The van der Waals surface area contributed by atoms with Crippen LogP contribution in [0.4, 0.5) is 9.18 Å². The normalized spacial score (nSPS) is 9.22.